The van der Waals surface area contributed by atoms with Crippen LogP contribution < -0.4 is 10.6 Å². The fourth-order valence-corrected chi connectivity index (χ4v) is 2.57. The SMILES string of the molecule is Cc1nc(-c2ccncc2)nc(NC2CCCNC2)c1C. The Hall–Kier alpha value is -2.01. The van der Waals surface area contributed by atoms with Gasteiger partial charge < -0.3 is 10.6 Å². The van der Waals surface area contributed by atoms with Gasteiger partial charge in [-0.1, -0.05) is 0 Å². The summed E-state index contributed by atoms with van der Waals surface area (Å²) >= 11 is 0. The van der Waals surface area contributed by atoms with Crippen molar-refractivity contribution in [2.24, 2.45) is 0 Å². The highest BCUT2D eigenvalue weighted by Gasteiger charge is 2.16. The van der Waals surface area contributed by atoms with E-state index in [-0.39, 0.29) is 0 Å². The number of piperidine rings is 1. The van der Waals surface area contributed by atoms with E-state index in [1.807, 2.05) is 19.1 Å². The normalized spacial score (nSPS) is 18.5. The lowest BCUT2D eigenvalue weighted by Crippen LogP contribution is -2.38. The van der Waals surface area contributed by atoms with Crippen LogP contribution in [0.4, 0.5) is 5.82 Å². The molecule has 1 aliphatic rings. The Morgan fingerprint density at radius 2 is 2.00 bits per heavy atom. The average molecular weight is 283 g/mol. The molecule has 5 nitrogen and oxygen atoms in total. The van der Waals surface area contributed by atoms with Crippen molar-refractivity contribution < 1.29 is 0 Å². The van der Waals surface area contributed by atoms with Crippen molar-refractivity contribution in [3.05, 3.63) is 35.8 Å². The minimum atomic E-state index is 0.442. The van der Waals surface area contributed by atoms with Gasteiger partial charge in [-0.15, -0.1) is 0 Å². The Kier molecular flexibility index (Phi) is 4.10. The van der Waals surface area contributed by atoms with E-state index in [0.29, 0.717) is 6.04 Å². The highest BCUT2D eigenvalue weighted by atomic mass is 15.1. The number of hydrogen-bond acceptors (Lipinski definition) is 5. The molecule has 1 atom stereocenters. The first-order valence-corrected chi connectivity index (χ1v) is 7.47. The third kappa shape index (κ3) is 3.19. The van der Waals surface area contributed by atoms with Crippen LogP contribution in [0.2, 0.25) is 0 Å². The molecule has 110 valence electrons. The van der Waals surface area contributed by atoms with Crippen LogP contribution in [0.3, 0.4) is 0 Å². The second-order valence-electron chi connectivity index (χ2n) is 5.53. The average Bonchev–Trinajstić information content (AvgIpc) is 2.53. The van der Waals surface area contributed by atoms with Gasteiger partial charge in [0.25, 0.3) is 0 Å². The summed E-state index contributed by atoms with van der Waals surface area (Å²) in [6.07, 6.45) is 5.93. The molecule has 1 aliphatic heterocycles. The number of hydrogen-bond donors (Lipinski definition) is 2. The van der Waals surface area contributed by atoms with Crippen molar-refractivity contribution in [1.82, 2.24) is 20.3 Å². The maximum absolute atomic E-state index is 4.72. The topological polar surface area (TPSA) is 62.7 Å². The van der Waals surface area contributed by atoms with Gasteiger partial charge in [-0.2, -0.15) is 0 Å². The molecule has 0 aromatic carbocycles. The summed E-state index contributed by atoms with van der Waals surface area (Å²) in [6, 6.07) is 4.32. The summed E-state index contributed by atoms with van der Waals surface area (Å²) in [5, 5.41) is 6.99. The van der Waals surface area contributed by atoms with Gasteiger partial charge in [-0.25, -0.2) is 9.97 Å². The highest BCUT2D eigenvalue weighted by molar-refractivity contribution is 5.59. The molecule has 2 aromatic rings. The molecule has 0 saturated carbocycles. The van der Waals surface area contributed by atoms with Crippen molar-refractivity contribution >= 4 is 5.82 Å². The Morgan fingerprint density at radius 1 is 1.19 bits per heavy atom. The summed E-state index contributed by atoms with van der Waals surface area (Å²) in [6.45, 7) is 6.21. The number of aryl methyl sites for hydroxylation is 1. The molecule has 0 bridgehead atoms. The molecule has 0 radical (unpaired) electrons. The molecule has 1 fully saturated rings. The molecule has 2 aromatic heterocycles. The maximum atomic E-state index is 4.72. The lowest BCUT2D eigenvalue weighted by Gasteiger charge is -2.25. The van der Waals surface area contributed by atoms with Crippen LogP contribution in [0.15, 0.2) is 24.5 Å². The van der Waals surface area contributed by atoms with E-state index in [9.17, 15) is 0 Å². The predicted molar refractivity (Wildman–Crippen MR) is 84.3 cm³/mol. The minimum Gasteiger partial charge on any atom is -0.366 e. The summed E-state index contributed by atoms with van der Waals surface area (Å²) in [5.41, 5.74) is 3.14. The standard InChI is InChI=1S/C16H21N5/c1-11-12(2)19-16(13-5-8-17-9-6-13)21-15(11)20-14-4-3-7-18-10-14/h5-6,8-9,14,18H,3-4,7,10H2,1-2H3,(H,19,20,21). The zero-order valence-electron chi connectivity index (χ0n) is 12.6. The molecule has 3 rings (SSSR count). The zero-order valence-corrected chi connectivity index (χ0v) is 12.6. The van der Waals surface area contributed by atoms with Gasteiger partial charge in [-0.3, -0.25) is 4.98 Å². The van der Waals surface area contributed by atoms with Crippen LogP contribution in [0.1, 0.15) is 24.1 Å². The zero-order chi connectivity index (χ0) is 14.7. The Morgan fingerprint density at radius 3 is 2.71 bits per heavy atom. The second-order valence-corrected chi connectivity index (χ2v) is 5.53. The van der Waals surface area contributed by atoms with Crippen LogP contribution in [-0.2, 0) is 0 Å². The summed E-state index contributed by atoms with van der Waals surface area (Å²) < 4.78 is 0. The summed E-state index contributed by atoms with van der Waals surface area (Å²) in [7, 11) is 0. The molecule has 1 saturated heterocycles. The number of rotatable bonds is 3. The van der Waals surface area contributed by atoms with Crippen LogP contribution in [-0.4, -0.2) is 34.1 Å². The molecule has 5 heteroatoms. The molecule has 1 unspecified atom stereocenters. The molecule has 0 aliphatic carbocycles. The summed E-state index contributed by atoms with van der Waals surface area (Å²) in [4.78, 5) is 13.4. The van der Waals surface area contributed by atoms with Gasteiger partial charge in [0.2, 0.25) is 0 Å². The van der Waals surface area contributed by atoms with E-state index >= 15 is 0 Å². The first-order chi connectivity index (χ1) is 10.2. The highest BCUT2D eigenvalue weighted by Crippen LogP contribution is 2.22. The van der Waals surface area contributed by atoms with Crippen molar-refractivity contribution in [2.75, 3.05) is 18.4 Å². The van der Waals surface area contributed by atoms with Crippen LogP contribution in [0, 0.1) is 13.8 Å². The van der Waals surface area contributed by atoms with Gasteiger partial charge in [0, 0.05) is 41.8 Å². The van der Waals surface area contributed by atoms with E-state index in [4.69, 9.17) is 4.98 Å². The number of nitrogens with zero attached hydrogens (tertiary/aromatic N) is 3. The van der Waals surface area contributed by atoms with E-state index in [1.54, 1.807) is 12.4 Å². The Labute approximate surface area is 125 Å². The Balaban J connectivity index is 1.90. The van der Waals surface area contributed by atoms with Crippen LogP contribution in [0.5, 0.6) is 0 Å². The number of pyridine rings is 1. The molecule has 21 heavy (non-hydrogen) atoms. The third-order valence-corrected chi connectivity index (χ3v) is 3.97. The Bertz CT molecular complexity index is 606. The van der Waals surface area contributed by atoms with Crippen LogP contribution >= 0.6 is 0 Å². The molecule has 2 N–H and O–H groups in total. The summed E-state index contributed by atoms with van der Waals surface area (Å²) in [5.74, 6) is 1.70. The van der Waals surface area contributed by atoms with Gasteiger partial charge in [0.05, 0.1) is 0 Å². The monoisotopic (exact) mass is 283 g/mol. The van der Waals surface area contributed by atoms with Crippen molar-refractivity contribution in [3.63, 3.8) is 0 Å². The van der Waals surface area contributed by atoms with Gasteiger partial charge in [-0.05, 0) is 45.4 Å². The number of anilines is 1. The third-order valence-electron chi connectivity index (χ3n) is 3.97. The van der Waals surface area contributed by atoms with E-state index in [1.165, 1.54) is 12.8 Å². The molecule has 3 heterocycles. The van der Waals surface area contributed by atoms with Crippen molar-refractivity contribution in [1.29, 1.82) is 0 Å². The van der Waals surface area contributed by atoms with Gasteiger partial charge in [0.15, 0.2) is 5.82 Å². The van der Waals surface area contributed by atoms with E-state index in [0.717, 1.165) is 41.6 Å². The van der Waals surface area contributed by atoms with Gasteiger partial charge >= 0.3 is 0 Å². The molecule has 0 spiro atoms. The molecular weight excluding hydrogens is 262 g/mol. The molecule has 0 amide bonds. The quantitative estimate of drug-likeness (QED) is 0.905. The number of aromatic nitrogens is 3. The van der Waals surface area contributed by atoms with Crippen molar-refractivity contribution in [2.45, 2.75) is 32.7 Å². The van der Waals surface area contributed by atoms with Gasteiger partial charge in [0.1, 0.15) is 5.82 Å². The first kappa shape index (κ1) is 13.9. The van der Waals surface area contributed by atoms with E-state index < -0.39 is 0 Å². The largest absolute Gasteiger partial charge is 0.366 e. The fraction of sp³-hybridized carbons (Fsp3) is 0.438. The predicted octanol–water partition coefficient (Wildman–Crippen LogP) is 2.32. The van der Waals surface area contributed by atoms with E-state index in [2.05, 4.69) is 27.5 Å². The second kappa shape index (κ2) is 6.18. The smallest absolute Gasteiger partial charge is 0.161 e. The maximum Gasteiger partial charge on any atom is 0.161 e. The number of nitrogens with one attached hydrogen (secondary N) is 2. The van der Waals surface area contributed by atoms with Crippen LogP contribution in [0.25, 0.3) is 11.4 Å². The molecular formula is C16H21N5. The first-order valence-electron chi connectivity index (χ1n) is 7.47. The van der Waals surface area contributed by atoms with Crippen molar-refractivity contribution in [3.8, 4) is 11.4 Å². The minimum absolute atomic E-state index is 0.442. The lowest BCUT2D eigenvalue weighted by atomic mass is 10.1. The lowest BCUT2D eigenvalue weighted by molar-refractivity contribution is 0.478. The fourth-order valence-electron chi connectivity index (χ4n) is 2.57.